The van der Waals surface area contributed by atoms with Crippen molar-refractivity contribution in [3.63, 3.8) is 0 Å². The second-order valence-corrected chi connectivity index (χ2v) is 5.63. The van der Waals surface area contributed by atoms with Gasteiger partial charge in [0.2, 0.25) is 0 Å². The largest absolute Gasteiger partial charge is 0.370 e. The zero-order chi connectivity index (χ0) is 12.4. The molecule has 1 aliphatic carbocycles. The van der Waals surface area contributed by atoms with E-state index >= 15 is 0 Å². The molecule has 3 rings (SSSR count). The number of aromatic nitrogens is 2. The fourth-order valence-electron chi connectivity index (χ4n) is 2.83. The van der Waals surface area contributed by atoms with Crippen LogP contribution in [-0.2, 0) is 0 Å². The van der Waals surface area contributed by atoms with Crippen molar-refractivity contribution in [1.29, 1.82) is 0 Å². The first-order valence-corrected chi connectivity index (χ1v) is 7.06. The SMILES string of the molecule is NC1CCC(CNc2ccnn2C2CNC2)CC1. The highest BCUT2D eigenvalue weighted by molar-refractivity contribution is 5.34. The fourth-order valence-corrected chi connectivity index (χ4v) is 2.83. The molecule has 2 aliphatic rings. The number of nitrogens with two attached hydrogens (primary N) is 1. The molecule has 0 amide bonds. The molecule has 0 aromatic carbocycles. The van der Waals surface area contributed by atoms with Gasteiger partial charge in [0.15, 0.2) is 0 Å². The summed E-state index contributed by atoms with van der Waals surface area (Å²) in [6, 6.07) is 3.04. The standard InChI is InChI=1S/C13H23N5/c14-11-3-1-10(2-4-11)7-16-13-5-6-17-18(13)12-8-15-9-12/h5-6,10-12,15-16H,1-4,7-9,14H2. The van der Waals surface area contributed by atoms with Crippen LogP contribution in [0.25, 0.3) is 0 Å². The van der Waals surface area contributed by atoms with E-state index in [1.807, 2.05) is 6.20 Å². The monoisotopic (exact) mass is 249 g/mol. The van der Waals surface area contributed by atoms with Crippen molar-refractivity contribution in [2.24, 2.45) is 11.7 Å². The highest BCUT2D eigenvalue weighted by Gasteiger charge is 2.22. The maximum absolute atomic E-state index is 5.94. The summed E-state index contributed by atoms with van der Waals surface area (Å²) in [4.78, 5) is 0. The maximum atomic E-state index is 5.94. The Balaban J connectivity index is 1.52. The first-order chi connectivity index (χ1) is 8.83. The molecule has 0 atom stereocenters. The number of hydrogen-bond donors (Lipinski definition) is 3. The molecule has 0 bridgehead atoms. The van der Waals surface area contributed by atoms with E-state index in [0.29, 0.717) is 12.1 Å². The van der Waals surface area contributed by atoms with Gasteiger partial charge in [-0.15, -0.1) is 0 Å². The zero-order valence-corrected chi connectivity index (χ0v) is 10.8. The lowest BCUT2D eigenvalue weighted by atomic mass is 9.86. The van der Waals surface area contributed by atoms with Crippen LogP contribution in [0, 0.1) is 5.92 Å². The van der Waals surface area contributed by atoms with Crippen LogP contribution in [-0.4, -0.2) is 35.5 Å². The van der Waals surface area contributed by atoms with Crippen molar-refractivity contribution >= 4 is 5.82 Å². The summed E-state index contributed by atoms with van der Waals surface area (Å²) < 4.78 is 2.12. The molecule has 1 aliphatic heterocycles. The number of rotatable bonds is 4. The lowest BCUT2D eigenvalue weighted by molar-refractivity contribution is 0.317. The van der Waals surface area contributed by atoms with Crippen LogP contribution >= 0.6 is 0 Å². The second-order valence-electron chi connectivity index (χ2n) is 5.63. The Morgan fingerprint density at radius 3 is 2.78 bits per heavy atom. The average molecular weight is 249 g/mol. The van der Waals surface area contributed by atoms with E-state index in [9.17, 15) is 0 Å². The summed E-state index contributed by atoms with van der Waals surface area (Å²) >= 11 is 0. The Kier molecular flexibility index (Phi) is 3.52. The first-order valence-electron chi connectivity index (χ1n) is 7.06. The minimum atomic E-state index is 0.438. The molecule has 1 saturated heterocycles. The van der Waals surface area contributed by atoms with Crippen molar-refractivity contribution < 1.29 is 0 Å². The van der Waals surface area contributed by atoms with Gasteiger partial charge < -0.3 is 16.4 Å². The molecule has 18 heavy (non-hydrogen) atoms. The molecule has 1 saturated carbocycles. The van der Waals surface area contributed by atoms with Gasteiger partial charge in [0.05, 0.1) is 12.2 Å². The molecule has 100 valence electrons. The smallest absolute Gasteiger partial charge is 0.124 e. The summed E-state index contributed by atoms with van der Waals surface area (Å²) in [6.45, 7) is 3.13. The van der Waals surface area contributed by atoms with Crippen molar-refractivity contribution in [2.45, 2.75) is 37.8 Å². The van der Waals surface area contributed by atoms with Crippen LogP contribution in [0.15, 0.2) is 12.3 Å². The van der Waals surface area contributed by atoms with Gasteiger partial charge in [0.25, 0.3) is 0 Å². The number of nitrogens with zero attached hydrogens (tertiary/aromatic N) is 2. The minimum Gasteiger partial charge on any atom is -0.370 e. The van der Waals surface area contributed by atoms with Gasteiger partial charge in [-0.1, -0.05) is 0 Å². The molecule has 0 unspecified atom stereocenters. The lowest BCUT2D eigenvalue weighted by Crippen LogP contribution is -2.44. The normalized spacial score (nSPS) is 28.9. The number of hydrogen-bond acceptors (Lipinski definition) is 4. The summed E-state index contributed by atoms with van der Waals surface area (Å²) in [5, 5.41) is 11.3. The summed E-state index contributed by atoms with van der Waals surface area (Å²) in [5.41, 5.74) is 5.94. The number of nitrogens with one attached hydrogen (secondary N) is 2. The van der Waals surface area contributed by atoms with Crippen molar-refractivity contribution in [3.8, 4) is 0 Å². The Labute approximate surface area is 108 Å². The minimum absolute atomic E-state index is 0.438. The molecule has 2 fully saturated rings. The van der Waals surface area contributed by atoms with Gasteiger partial charge in [-0.3, -0.25) is 0 Å². The topological polar surface area (TPSA) is 67.9 Å². The first kappa shape index (κ1) is 12.0. The third kappa shape index (κ3) is 2.52. The molecule has 4 N–H and O–H groups in total. The Hall–Kier alpha value is -1.07. The molecular formula is C13H23N5. The van der Waals surface area contributed by atoms with E-state index in [1.165, 1.54) is 25.7 Å². The molecule has 0 spiro atoms. The second kappa shape index (κ2) is 5.28. The van der Waals surface area contributed by atoms with Gasteiger partial charge in [0.1, 0.15) is 5.82 Å². The summed E-state index contributed by atoms with van der Waals surface area (Å²) in [7, 11) is 0. The van der Waals surface area contributed by atoms with E-state index in [1.54, 1.807) is 0 Å². The van der Waals surface area contributed by atoms with Crippen LogP contribution in [0.1, 0.15) is 31.7 Å². The van der Waals surface area contributed by atoms with Gasteiger partial charge >= 0.3 is 0 Å². The maximum Gasteiger partial charge on any atom is 0.124 e. The zero-order valence-electron chi connectivity index (χ0n) is 10.8. The Morgan fingerprint density at radius 1 is 1.33 bits per heavy atom. The molecule has 5 nitrogen and oxygen atoms in total. The van der Waals surface area contributed by atoms with Crippen LogP contribution in [0.5, 0.6) is 0 Å². The van der Waals surface area contributed by atoms with Crippen molar-refractivity contribution in [2.75, 3.05) is 25.0 Å². The fraction of sp³-hybridized carbons (Fsp3) is 0.769. The van der Waals surface area contributed by atoms with Gasteiger partial charge in [-0.2, -0.15) is 5.10 Å². The van der Waals surface area contributed by atoms with E-state index in [4.69, 9.17) is 5.73 Å². The Bertz CT molecular complexity index is 376. The summed E-state index contributed by atoms with van der Waals surface area (Å²) in [5.74, 6) is 1.93. The van der Waals surface area contributed by atoms with E-state index in [2.05, 4.69) is 26.5 Å². The van der Waals surface area contributed by atoms with Crippen LogP contribution in [0.2, 0.25) is 0 Å². The van der Waals surface area contributed by atoms with Gasteiger partial charge in [-0.25, -0.2) is 4.68 Å². The van der Waals surface area contributed by atoms with E-state index in [0.717, 1.165) is 31.4 Å². The van der Waals surface area contributed by atoms with E-state index < -0.39 is 0 Å². The highest BCUT2D eigenvalue weighted by atomic mass is 15.4. The van der Waals surface area contributed by atoms with Crippen molar-refractivity contribution in [1.82, 2.24) is 15.1 Å². The van der Waals surface area contributed by atoms with E-state index in [-0.39, 0.29) is 0 Å². The van der Waals surface area contributed by atoms with Crippen LogP contribution < -0.4 is 16.4 Å². The lowest BCUT2D eigenvalue weighted by Gasteiger charge is -2.30. The molecular weight excluding hydrogens is 226 g/mol. The number of anilines is 1. The predicted molar refractivity (Wildman–Crippen MR) is 72.6 cm³/mol. The average Bonchev–Trinajstić information content (AvgIpc) is 2.74. The van der Waals surface area contributed by atoms with Crippen LogP contribution in [0.3, 0.4) is 0 Å². The third-order valence-electron chi connectivity index (χ3n) is 4.24. The third-order valence-corrected chi connectivity index (χ3v) is 4.24. The van der Waals surface area contributed by atoms with Gasteiger partial charge in [-0.05, 0) is 31.6 Å². The molecule has 2 heterocycles. The molecule has 0 radical (unpaired) electrons. The predicted octanol–water partition coefficient (Wildman–Crippen LogP) is 0.957. The summed E-state index contributed by atoms with van der Waals surface area (Å²) in [6.07, 6.45) is 6.76. The molecule has 1 aromatic rings. The quantitative estimate of drug-likeness (QED) is 0.743. The molecule has 1 aromatic heterocycles. The molecule has 5 heteroatoms. The van der Waals surface area contributed by atoms with Gasteiger partial charge in [0, 0.05) is 31.7 Å². The Morgan fingerprint density at radius 2 is 2.11 bits per heavy atom. The van der Waals surface area contributed by atoms with Crippen LogP contribution in [0.4, 0.5) is 5.82 Å². The highest BCUT2D eigenvalue weighted by Crippen LogP contribution is 2.24. The van der Waals surface area contributed by atoms with Crippen molar-refractivity contribution in [3.05, 3.63) is 12.3 Å².